The zero-order chi connectivity index (χ0) is 19.6. The summed E-state index contributed by atoms with van der Waals surface area (Å²) in [5, 5.41) is 0. The number of halogens is 1. The van der Waals surface area contributed by atoms with Crippen molar-refractivity contribution in [2.45, 2.75) is 12.8 Å². The maximum absolute atomic E-state index is 11.9. The Hall–Kier alpha value is -3.00. The molecule has 2 aromatic carbocycles. The van der Waals surface area contributed by atoms with E-state index in [0.717, 1.165) is 4.47 Å². The molecule has 0 radical (unpaired) electrons. The number of ether oxygens (including phenoxy) is 1. The standard InChI is InChI=1S/C19H17BrN2O5/c20-15-8-6-14(7-9-15)19(26)22-21-17(24)12-27-18(25)11-10-16(23)13-4-2-1-3-5-13/h1-9H,10-12H2,(H,21,24)(H,22,26). The van der Waals surface area contributed by atoms with Crippen LogP contribution in [0.15, 0.2) is 59.1 Å². The number of esters is 1. The highest BCUT2D eigenvalue weighted by molar-refractivity contribution is 9.10. The second-order valence-corrected chi connectivity index (χ2v) is 6.37. The minimum atomic E-state index is -0.691. The highest BCUT2D eigenvalue weighted by Crippen LogP contribution is 2.10. The zero-order valence-electron chi connectivity index (χ0n) is 14.2. The molecule has 0 unspecified atom stereocenters. The zero-order valence-corrected chi connectivity index (χ0v) is 15.8. The first-order chi connectivity index (χ1) is 13.0. The molecule has 0 fully saturated rings. The summed E-state index contributed by atoms with van der Waals surface area (Å²) in [4.78, 5) is 47.0. The molecule has 8 heteroatoms. The maximum Gasteiger partial charge on any atom is 0.306 e. The Morgan fingerprint density at radius 2 is 1.48 bits per heavy atom. The molecule has 0 saturated carbocycles. The molecule has 2 aromatic rings. The van der Waals surface area contributed by atoms with Gasteiger partial charge in [0.2, 0.25) is 0 Å². The lowest BCUT2D eigenvalue weighted by molar-refractivity contribution is -0.148. The van der Waals surface area contributed by atoms with E-state index in [4.69, 9.17) is 4.74 Å². The van der Waals surface area contributed by atoms with Crippen molar-refractivity contribution < 1.29 is 23.9 Å². The average molecular weight is 433 g/mol. The molecule has 7 nitrogen and oxygen atoms in total. The SMILES string of the molecule is O=C(COC(=O)CCC(=O)c1ccccc1)NNC(=O)c1ccc(Br)cc1. The molecule has 0 aliphatic carbocycles. The van der Waals surface area contributed by atoms with Crippen molar-refractivity contribution in [1.29, 1.82) is 0 Å². The van der Waals surface area contributed by atoms with Crippen LogP contribution in [0.1, 0.15) is 33.6 Å². The quantitative estimate of drug-likeness (QED) is 0.397. The smallest absolute Gasteiger partial charge is 0.306 e. The summed E-state index contributed by atoms with van der Waals surface area (Å²) in [6, 6.07) is 15.1. The second kappa shape index (κ2) is 10.2. The predicted molar refractivity (Wildman–Crippen MR) is 101 cm³/mol. The first kappa shape index (κ1) is 20.3. The Balaban J connectivity index is 1.66. The lowest BCUT2D eigenvalue weighted by atomic mass is 10.1. The molecule has 0 heterocycles. The molecule has 0 bridgehead atoms. The Morgan fingerprint density at radius 1 is 0.815 bits per heavy atom. The Bertz CT molecular complexity index is 822. The number of rotatable bonds is 7. The van der Waals surface area contributed by atoms with E-state index < -0.39 is 24.4 Å². The summed E-state index contributed by atoms with van der Waals surface area (Å²) < 4.78 is 5.60. The molecule has 27 heavy (non-hydrogen) atoms. The summed E-state index contributed by atoms with van der Waals surface area (Å²) in [6.07, 6.45) is -0.142. The molecular weight excluding hydrogens is 416 g/mol. The molecule has 0 aromatic heterocycles. The first-order valence-corrected chi connectivity index (χ1v) is 8.83. The number of amides is 2. The molecular formula is C19H17BrN2O5. The average Bonchev–Trinajstić information content (AvgIpc) is 2.69. The number of carbonyl (C=O) groups is 4. The molecule has 0 atom stereocenters. The number of nitrogens with one attached hydrogen (secondary N) is 2. The van der Waals surface area contributed by atoms with Crippen molar-refractivity contribution in [1.82, 2.24) is 10.9 Å². The number of ketones is 1. The van der Waals surface area contributed by atoms with Gasteiger partial charge in [-0.05, 0) is 24.3 Å². The van der Waals surface area contributed by atoms with Gasteiger partial charge in [-0.1, -0.05) is 46.3 Å². The van der Waals surface area contributed by atoms with Gasteiger partial charge in [0.1, 0.15) is 0 Å². The molecule has 0 spiro atoms. The third-order valence-electron chi connectivity index (χ3n) is 3.44. The summed E-state index contributed by atoms with van der Waals surface area (Å²) in [5.74, 6) is -2.05. The molecule has 0 aliphatic rings. The number of Topliss-reactive ketones (excluding diaryl/α,β-unsaturated/α-hetero) is 1. The fourth-order valence-corrected chi connectivity index (χ4v) is 2.30. The second-order valence-electron chi connectivity index (χ2n) is 5.46. The van der Waals surface area contributed by atoms with Crippen LogP contribution in [0.4, 0.5) is 0 Å². The van der Waals surface area contributed by atoms with E-state index in [1.54, 1.807) is 54.6 Å². The van der Waals surface area contributed by atoms with E-state index >= 15 is 0 Å². The third-order valence-corrected chi connectivity index (χ3v) is 3.97. The van der Waals surface area contributed by atoms with E-state index in [-0.39, 0.29) is 18.6 Å². The molecule has 2 amide bonds. The van der Waals surface area contributed by atoms with Gasteiger partial charge >= 0.3 is 5.97 Å². The Kier molecular flexibility index (Phi) is 7.69. The summed E-state index contributed by atoms with van der Waals surface area (Å²) in [6.45, 7) is -0.557. The summed E-state index contributed by atoms with van der Waals surface area (Å²) >= 11 is 3.25. The van der Waals surface area contributed by atoms with Crippen molar-refractivity contribution in [2.75, 3.05) is 6.61 Å². The van der Waals surface area contributed by atoms with Crippen LogP contribution in [0.2, 0.25) is 0 Å². The van der Waals surface area contributed by atoms with E-state index in [1.807, 2.05) is 0 Å². The van der Waals surface area contributed by atoms with E-state index in [9.17, 15) is 19.2 Å². The first-order valence-electron chi connectivity index (χ1n) is 8.04. The van der Waals surface area contributed by atoms with Gasteiger partial charge in [0.25, 0.3) is 11.8 Å². The van der Waals surface area contributed by atoms with E-state index in [1.165, 1.54) is 0 Å². The topological polar surface area (TPSA) is 102 Å². The summed E-state index contributed by atoms with van der Waals surface area (Å²) in [5.41, 5.74) is 5.23. The van der Waals surface area contributed by atoms with E-state index in [0.29, 0.717) is 11.1 Å². The number of carbonyl (C=O) groups excluding carboxylic acids is 4. The van der Waals surface area contributed by atoms with Gasteiger partial charge in [-0.2, -0.15) is 0 Å². The van der Waals surface area contributed by atoms with Crippen molar-refractivity contribution in [3.8, 4) is 0 Å². The largest absolute Gasteiger partial charge is 0.455 e. The van der Waals surface area contributed by atoms with Crippen LogP contribution in [0.25, 0.3) is 0 Å². The van der Waals surface area contributed by atoms with Crippen LogP contribution >= 0.6 is 15.9 Å². The van der Waals surface area contributed by atoms with E-state index in [2.05, 4.69) is 26.8 Å². The minimum absolute atomic E-state index is 0.00916. The molecule has 2 rings (SSSR count). The van der Waals surface area contributed by atoms with Gasteiger partial charge < -0.3 is 4.74 Å². The van der Waals surface area contributed by atoms with Crippen LogP contribution in [-0.4, -0.2) is 30.2 Å². The highest BCUT2D eigenvalue weighted by Gasteiger charge is 2.12. The third kappa shape index (κ3) is 7.02. The monoisotopic (exact) mass is 432 g/mol. The normalized spacial score (nSPS) is 9.96. The van der Waals surface area contributed by atoms with Crippen molar-refractivity contribution in [3.63, 3.8) is 0 Å². The number of hydrazine groups is 1. The molecule has 0 aliphatic heterocycles. The van der Waals surface area contributed by atoms with Crippen LogP contribution in [0, 0.1) is 0 Å². The van der Waals surface area contributed by atoms with Crippen LogP contribution in [0.5, 0.6) is 0 Å². The van der Waals surface area contributed by atoms with Gasteiger partial charge in [-0.15, -0.1) is 0 Å². The number of hydrogen-bond donors (Lipinski definition) is 2. The highest BCUT2D eigenvalue weighted by atomic mass is 79.9. The van der Waals surface area contributed by atoms with Gasteiger partial charge in [-0.25, -0.2) is 0 Å². The lowest BCUT2D eigenvalue weighted by Gasteiger charge is -2.08. The van der Waals surface area contributed by atoms with Gasteiger partial charge in [0.05, 0.1) is 6.42 Å². The Morgan fingerprint density at radius 3 is 2.15 bits per heavy atom. The fraction of sp³-hybridized carbons (Fsp3) is 0.158. The number of benzene rings is 2. The van der Waals surface area contributed by atoms with Crippen LogP contribution in [-0.2, 0) is 14.3 Å². The minimum Gasteiger partial charge on any atom is -0.455 e. The predicted octanol–water partition coefficient (Wildman–Crippen LogP) is 2.42. The van der Waals surface area contributed by atoms with Crippen molar-refractivity contribution in [3.05, 3.63) is 70.2 Å². The Labute approximate surface area is 164 Å². The van der Waals surface area contributed by atoms with Gasteiger partial charge in [0, 0.05) is 22.0 Å². The summed E-state index contributed by atoms with van der Waals surface area (Å²) in [7, 11) is 0. The van der Waals surface area contributed by atoms with Crippen LogP contribution < -0.4 is 10.9 Å². The molecule has 140 valence electrons. The van der Waals surface area contributed by atoms with Gasteiger partial charge in [0.15, 0.2) is 12.4 Å². The van der Waals surface area contributed by atoms with Crippen molar-refractivity contribution in [2.24, 2.45) is 0 Å². The fourth-order valence-electron chi connectivity index (χ4n) is 2.04. The van der Waals surface area contributed by atoms with Gasteiger partial charge in [-0.3, -0.25) is 30.0 Å². The van der Waals surface area contributed by atoms with Crippen molar-refractivity contribution >= 4 is 39.5 Å². The molecule has 0 saturated heterocycles. The maximum atomic E-state index is 11.9. The molecule has 2 N–H and O–H groups in total. The van der Waals surface area contributed by atoms with Crippen LogP contribution in [0.3, 0.4) is 0 Å². The lowest BCUT2D eigenvalue weighted by Crippen LogP contribution is -2.43. The number of hydrogen-bond acceptors (Lipinski definition) is 5.